The number of carbonyl (C=O) groups is 4. The molecule has 60 heavy (non-hydrogen) atoms. The number of aromatic nitrogens is 2. The van der Waals surface area contributed by atoms with Gasteiger partial charge in [0.1, 0.15) is 6.04 Å². The maximum atomic E-state index is 14.9. The predicted molar refractivity (Wildman–Crippen MR) is 232 cm³/mol. The molecule has 2 aromatic heterocycles. The highest BCUT2D eigenvalue weighted by molar-refractivity contribution is 5.89. The Bertz CT molecular complexity index is 2040. The zero-order valence-electron chi connectivity index (χ0n) is 36.0. The molecule has 0 aliphatic carbocycles. The van der Waals surface area contributed by atoms with E-state index in [2.05, 4.69) is 30.7 Å². The Hall–Kier alpha value is -5.82. The molecule has 13 heteroatoms. The number of benzene rings is 2. The molecule has 4 unspecified atom stereocenters. The van der Waals surface area contributed by atoms with Gasteiger partial charge >= 0.3 is 12.1 Å². The Kier molecular flexibility index (Phi) is 15.4. The minimum atomic E-state index is -1.10. The number of amides is 5. The van der Waals surface area contributed by atoms with Crippen LogP contribution in [0.15, 0.2) is 97.3 Å². The Morgan fingerprint density at radius 1 is 0.867 bits per heavy atom. The van der Waals surface area contributed by atoms with Gasteiger partial charge in [0.2, 0.25) is 11.8 Å². The van der Waals surface area contributed by atoms with Gasteiger partial charge in [0.15, 0.2) is 0 Å². The summed E-state index contributed by atoms with van der Waals surface area (Å²) in [7, 11) is 1.28. The number of nitrogens with one attached hydrogen (secondary N) is 3. The van der Waals surface area contributed by atoms with Crippen LogP contribution < -0.4 is 16.0 Å². The van der Waals surface area contributed by atoms with Crippen molar-refractivity contribution in [3.8, 4) is 11.3 Å². The minimum Gasteiger partial charge on any atom is -0.453 e. The molecule has 1 aliphatic heterocycles. The second-order valence-corrected chi connectivity index (χ2v) is 17.5. The van der Waals surface area contributed by atoms with Gasteiger partial charge in [-0.15, -0.1) is 0 Å². The van der Waals surface area contributed by atoms with Crippen molar-refractivity contribution < 1.29 is 29.0 Å². The number of methoxy groups -OCH3 is 1. The largest absolute Gasteiger partial charge is 0.453 e. The van der Waals surface area contributed by atoms with Crippen LogP contribution in [0.1, 0.15) is 75.8 Å². The normalized spacial score (nSPS) is 15.2. The molecule has 13 nitrogen and oxygen atoms in total. The van der Waals surface area contributed by atoms with Crippen LogP contribution in [0.4, 0.5) is 9.59 Å². The van der Waals surface area contributed by atoms with E-state index in [0.717, 1.165) is 33.6 Å². The van der Waals surface area contributed by atoms with E-state index >= 15 is 0 Å². The van der Waals surface area contributed by atoms with Crippen LogP contribution in [0, 0.1) is 17.8 Å². The van der Waals surface area contributed by atoms with E-state index in [1.54, 1.807) is 22.2 Å². The summed E-state index contributed by atoms with van der Waals surface area (Å²) in [6, 6.07) is 25.6. The molecule has 1 aliphatic rings. The fourth-order valence-corrected chi connectivity index (χ4v) is 7.82. The van der Waals surface area contributed by atoms with Crippen molar-refractivity contribution in [2.24, 2.45) is 10.8 Å². The Labute approximate surface area is 354 Å². The maximum absolute atomic E-state index is 14.9. The van der Waals surface area contributed by atoms with Crippen LogP contribution in [0.3, 0.4) is 0 Å². The fraction of sp³-hybridized carbons (Fsp3) is 0.447. The van der Waals surface area contributed by atoms with Crippen LogP contribution in [-0.2, 0) is 27.3 Å². The van der Waals surface area contributed by atoms with Crippen LogP contribution in [0.2, 0.25) is 0 Å². The van der Waals surface area contributed by atoms with E-state index in [-0.39, 0.29) is 43.8 Å². The third-order valence-corrected chi connectivity index (χ3v) is 11.0. The lowest BCUT2D eigenvalue weighted by molar-refractivity contribution is -0.130. The molecule has 3 heterocycles. The predicted octanol–water partition coefficient (Wildman–Crippen LogP) is 6.26. The van der Waals surface area contributed by atoms with Crippen molar-refractivity contribution in [1.29, 1.82) is 0 Å². The molecule has 0 spiro atoms. The summed E-state index contributed by atoms with van der Waals surface area (Å²) in [5, 5.41) is 21.0. The van der Waals surface area contributed by atoms with Gasteiger partial charge in [-0.25, -0.2) is 9.59 Å². The number of aliphatic hydroxyl groups is 1. The maximum Gasteiger partial charge on any atom is 0.406 e. The van der Waals surface area contributed by atoms with Crippen molar-refractivity contribution >= 4 is 23.9 Å². The van der Waals surface area contributed by atoms with E-state index in [0.29, 0.717) is 26.1 Å². The van der Waals surface area contributed by atoms with Crippen molar-refractivity contribution in [3.63, 3.8) is 0 Å². The average molecular weight is 820 g/mol. The summed E-state index contributed by atoms with van der Waals surface area (Å²) in [6.45, 7) is 13.1. The summed E-state index contributed by atoms with van der Waals surface area (Å²) in [4.78, 5) is 66.0. The number of ether oxygens (including phenoxy) is 1. The van der Waals surface area contributed by atoms with Crippen LogP contribution in [0.5, 0.6) is 0 Å². The molecule has 2 aromatic carbocycles. The van der Waals surface area contributed by atoms with E-state index < -0.39 is 41.0 Å². The lowest BCUT2D eigenvalue weighted by Gasteiger charge is -2.39. The SMILES string of the molecule is COC(=O)NCC(C)(C)CC(=O)NCCC(O)C(NC(=O)C(N1CCN(Cc2cccnc2C)C1=O)C(C)(C)C)C(Cc1ccc(-c2ccccn2)cc1)c1ccccc1. The van der Waals surface area contributed by atoms with Gasteiger partial charge in [0.25, 0.3) is 0 Å². The second-order valence-electron chi connectivity index (χ2n) is 17.5. The number of aryl methyl sites for hydroxylation is 1. The van der Waals surface area contributed by atoms with Gasteiger partial charge in [-0.1, -0.05) is 101 Å². The number of carbonyl (C=O) groups excluding carboxylic acids is 4. The number of hydrogen-bond donors (Lipinski definition) is 4. The molecule has 0 bridgehead atoms. The molecule has 5 rings (SSSR count). The number of hydrogen-bond acceptors (Lipinski definition) is 8. The standard InChI is InChI=1S/C47H61N7O6/c1-32-36(16-13-24-48-32)30-53-26-27-54(45(53)59)42(46(2,3)4)43(57)52-41(39(55)22-25-50-40(56)29-47(5,6)31-51-44(58)60-7)37(34-14-9-8-10-15-34)28-33-18-20-35(21-19-33)38-17-11-12-23-49-38/h8-21,23-24,37,39,41-42,55H,22,25-31H2,1-7H3,(H,50,56)(H,51,58)(H,52,57). The third-order valence-electron chi connectivity index (χ3n) is 11.0. The first kappa shape index (κ1) is 45.3. The number of aliphatic hydroxyl groups excluding tert-OH is 1. The van der Waals surface area contributed by atoms with Crippen molar-refractivity contribution in [2.45, 2.75) is 91.5 Å². The molecule has 1 fully saturated rings. The van der Waals surface area contributed by atoms with E-state index in [1.165, 1.54) is 7.11 Å². The Morgan fingerprint density at radius 2 is 1.57 bits per heavy atom. The Balaban J connectivity index is 1.41. The first-order valence-electron chi connectivity index (χ1n) is 20.6. The van der Waals surface area contributed by atoms with Crippen molar-refractivity contribution in [3.05, 3.63) is 120 Å². The van der Waals surface area contributed by atoms with Crippen LogP contribution >= 0.6 is 0 Å². The number of alkyl carbamates (subject to hydrolysis) is 1. The minimum absolute atomic E-state index is 0.128. The molecule has 4 atom stereocenters. The van der Waals surface area contributed by atoms with Crippen LogP contribution in [-0.4, -0.2) is 100 Å². The molecule has 0 saturated carbocycles. The van der Waals surface area contributed by atoms with E-state index in [4.69, 9.17) is 0 Å². The van der Waals surface area contributed by atoms with Crippen molar-refractivity contribution in [1.82, 2.24) is 35.7 Å². The summed E-state index contributed by atoms with van der Waals surface area (Å²) in [5.74, 6) is -1.00. The van der Waals surface area contributed by atoms with Gasteiger partial charge in [-0.2, -0.15) is 0 Å². The monoisotopic (exact) mass is 819 g/mol. The first-order chi connectivity index (χ1) is 28.6. The van der Waals surface area contributed by atoms with Gasteiger partial charge in [0.05, 0.1) is 24.9 Å². The molecular formula is C47H61N7O6. The van der Waals surface area contributed by atoms with Crippen LogP contribution in [0.25, 0.3) is 11.3 Å². The number of nitrogens with zero attached hydrogens (tertiary/aromatic N) is 4. The topological polar surface area (TPSA) is 166 Å². The van der Waals surface area contributed by atoms with Gasteiger partial charge in [0, 0.05) is 68.7 Å². The Morgan fingerprint density at radius 3 is 2.22 bits per heavy atom. The van der Waals surface area contributed by atoms with E-state index in [9.17, 15) is 24.3 Å². The summed E-state index contributed by atoms with van der Waals surface area (Å²) < 4.78 is 4.67. The molecule has 4 N–H and O–H groups in total. The smallest absolute Gasteiger partial charge is 0.406 e. The molecular weight excluding hydrogens is 759 g/mol. The summed E-state index contributed by atoms with van der Waals surface area (Å²) >= 11 is 0. The molecule has 320 valence electrons. The average Bonchev–Trinajstić information content (AvgIpc) is 3.57. The summed E-state index contributed by atoms with van der Waals surface area (Å²) in [5.41, 5.74) is 4.31. The lowest BCUT2D eigenvalue weighted by Crippen LogP contribution is -2.59. The number of rotatable bonds is 18. The fourth-order valence-electron chi connectivity index (χ4n) is 7.82. The molecule has 4 aromatic rings. The summed E-state index contributed by atoms with van der Waals surface area (Å²) in [6.07, 6.45) is 2.56. The quantitative estimate of drug-likeness (QED) is 0.0915. The molecule has 0 radical (unpaired) electrons. The number of pyridine rings is 2. The zero-order chi connectivity index (χ0) is 43.5. The van der Waals surface area contributed by atoms with Crippen molar-refractivity contribution in [2.75, 3.05) is 33.3 Å². The lowest BCUT2D eigenvalue weighted by atomic mass is 9.81. The highest BCUT2D eigenvalue weighted by Gasteiger charge is 2.45. The van der Waals surface area contributed by atoms with Gasteiger partial charge in [-0.05, 0) is 65.5 Å². The van der Waals surface area contributed by atoms with Gasteiger partial charge < -0.3 is 35.6 Å². The van der Waals surface area contributed by atoms with Gasteiger partial charge in [-0.3, -0.25) is 19.6 Å². The first-order valence-corrected chi connectivity index (χ1v) is 20.6. The number of urea groups is 1. The van der Waals surface area contributed by atoms with E-state index in [1.807, 2.05) is 126 Å². The molecule has 1 saturated heterocycles. The highest BCUT2D eigenvalue weighted by Crippen LogP contribution is 2.32. The zero-order valence-corrected chi connectivity index (χ0v) is 36.0. The highest BCUT2D eigenvalue weighted by atomic mass is 16.5. The molecule has 5 amide bonds. The third kappa shape index (κ3) is 12.4. The second kappa shape index (κ2) is 20.4.